The molecule has 10 nitrogen and oxygen atoms in total. The van der Waals surface area contributed by atoms with Gasteiger partial charge in [-0.2, -0.15) is 5.26 Å². The van der Waals surface area contributed by atoms with E-state index in [1.165, 1.54) is 0 Å². The van der Waals surface area contributed by atoms with Crippen LogP contribution in [0, 0.1) is 11.3 Å². The maximum absolute atomic E-state index is 12.5. The number of nitrogens with zero attached hydrogens (tertiary/aromatic N) is 7. The van der Waals surface area contributed by atoms with Gasteiger partial charge in [-0.05, 0) is 49.9 Å². The Kier molecular flexibility index (Phi) is 6.59. The maximum Gasteiger partial charge on any atom is 0.320 e. The number of anilines is 4. The number of aromatic nitrogens is 2. The lowest BCUT2D eigenvalue weighted by Gasteiger charge is -2.37. The minimum atomic E-state index is -0.199. The van der Waals surface area contributed by atoms with Gasteiger partial charge in [-0.25, -0.2) is 14.8 Å². The minimum Gasteiger partial charge on any atom is -0.393 e. The van der Waals surface area contributed by atoms with Crippen molar-refractivity contribution in [3.63, 3.8) is 0 Å². The second kappa shape index (κ2) is 9.96. The Bertz CT molecular complexity index is 1090. The molecular weight excluding hydrogens is 444 g/mol. The third-order valence-corrected chi connectivity index (χ3v) is 7.24. The zero-order chi connectivity index (χ0) is 24.4. The van der Waals surface area contributed by atoms with Crippen molar-refractivity contribution in [2.75, 3.05) is 61.4 Å². The van der Waals surface area contributed by atoms with Crippen LogP contribution in [0.1, 0.15) is 31.4 Å². The highest BCUT2D eigenvalue weighted by molar-refractivity contribution is 5.76. The molecule has 0 unspecified atom stereocenters. The van der Waals surface area contributed by atoms with E-state index in [2.05, 4.69) is 26.2 Å². The van der Waals surface area contributed by atoms with E-state index >= 15 is 0 Å². The minimum absolute atomic E-state index is 0.0919. The van der Waals surface area contributed by atoms with Crippen LogP contribution in [0.25, 0.3) is 0 Å². The average molecular weight is 477 g/mol. The molecule has 0 bridgehead atoms. The van der Waals surface area contributed by atoms with Gasteiger partial charge in [-0.15, -0.1) is 0 Å². The lowest BCUT2D eigenvalue weighted by molar-refractivity contribution is 0.145. The molecule has 2 aromatic rings. The van der Waals surface area contributed by atoms with Crippen LogP contribution >= 0.6 is 0 Å². The van der Waals surface area contributed by atoms with Crippen LogP contribution in [0.3, 0.4) is 0 Å². The van der Waals surface area contributed by atoms with Gasteiger partial charge in [0.05, 0.1) is 18.3 Å². The van der Waals surface area contributed by atoms with E-state index in [0.717, 1.165) is 69.8 Å². The molecule has 2 amide bonds. The van der Waals surface area contributed by atoms with Crippen molar-refractivity contribution in [2.24, 2.45) is 0 Å². The predicted octanol–water partition coefficient (Wildman–Crippen LogP) is 2.39. The second-order valence-electron chi connectivity index (χ2n) is 9.57. The van der Waals surface area contributed by atoms with E-state index < -0.39 is 0 Å². The predicted molar refractivity (Wildman–Crippen MR) is 134 cm³/mol. The molecule has 10 heteroatoms. The van der Waals surface area contributed by atoms with Gasteiger partial charge in [0.2, 0.25) is 0 Å². The summed E-state index contributed by atoms with van der Waals surface area (Å²) in [5.41, 5.74) is 2.19. The molecule has 3 aliphatic heterocycles. The molecule has 3 saturated heterocycles. The van der Waals surface area contributed by atoms with E-state index in [-0.39, 0.29) is 23.9 Å². The normalized spacial score (nSPS) is 21.4. The monoisotopic (exact) mass is 476 g/mol. The summed E-state index contributed by atoms with van der Waals surface area (Å²) < 4.78 is 0. The summed E-state index contributed by atoms with van der Waals surface area (Å²) >= 11 is 0. The van der Waals surface area contributed by atoms with E-state index in [1.54, 1.807) is 11.1 Å². The first-order valence-electron chi connectivity index (χ1n) is 12.4. The molecule has 1 aromatic heterocycles. The number of benzene rings is 1. The number of amides is 2. The highest BCUT2D eigenvalue weighted by Gasteiger charge is 2.34. The molecule has 1 atom stereocenters. The van der Waals surface area contributed by atoms with Gasteiger partial charge >= 0.3 is 6.03 Å². The fraction of sp³-hybridized carbons (Fsp3) is 0.520. The summed E-state index contributed by atoms with van der Waals surface area (Å²) in [5.74, 6) is 1.14. The van der Waals surface area contributed by atoms with Crippen LogP contribution in [0.15, 0.2) is 30.5 Å². The Labute approximate surface area is 205 Å². The number of carbonyl (C=O) groups is 1. The Morgan fingerprint density at radius 2 is 1.83 bits per heavy atom. The number of carbonyl (C=O) groups excluding carboxylic acids is 1. The smallest absolute Gasteiger partial charge is 0.320 e. The zero-order valence-electron chi connectivity index (χ0n) is 20.1. The summed E-state index contributed by atoms with van der Waals surface area (Å²) in [4.78, 5) is 29.8. The van der Waals surface area contributed by atoms with Crippen molar-refractivity contribution in [3.05, 3.63) is 36.2 Å². The highest BCUT2D eigenvalue weighted by Crippen LogP contribution is 2.27. The Morgan fingerprint density at radius 1 is 1.06 bits per heavy atom. The zero-order valence-corrected chi connectivity index (χ0v) is 20.1. The number of urea groups is 1. The van der Waals surface area contributed by atoms with Crippen LogP contribution in [0.2, 0.25) is 0 Å². The van der Waals surface area contributed by atoms with E-state index in [9.17, 15) is 15.2 Å². The van der Waals surface area contributed by atoms with E-state index in [1.807, 2.05) is 36.2 Å². The number of likely N-dealkylation sites (N-methyl/N-ethyl adjacent to an activating group) is 1. The lowest BCUT2D eigenvalue weighted by Crippen LogP contribution is -2.49. The van der Waals surface area contributed by atoms with E-state index in [4.69, 9.17) is 4.98 Å². The number of hydrogen-bond donors (Lipinski definition) is 2. The van der Waals surface area contributed by atoms with Crippen LogP contribution in [0.4, 0.5) is 27.8 Å². The first kappa shape index (κ1) is 23.2. The number of aliphatic hydroxyl groups is 1. The van der Waals surface area contributed by atoms with Crippen molar-refractivity contribution in [2.45, 2.75) is 37.8 Å². The van der Waals surface area contributed by atoms with Gasteiger partial charge in [0.1, 0.15) is 11.9 Å². The van der Waals surface area contributed by atoms with Gasteiger partial charge in [0.15, 0.2) is 11.5 Å². The number of hydrogen-bond acceptors (Lipinski definition) is 8. The first-order valence-corrected chi connectivity index (χ1v) is 12.4. The van der Waals surface area contributed by atoms with Gasteiger partial charge in [-0.3, -0.25) is 0 Å². The van der Waals surface area contributed by atoms with Crippen molar-refractivity contribution in [1.29, 1.82) is 5.26 Å². The van der Waals surface area contributed by atoms with Crippen LogP contribution in [-0.4, -0.2) is 89.4 Å². The largest absolute Gasteiger partial charge is 0.393 e. The molecule has 5 rings (SSSR count). The Balaban J connectivity index is 1.29. The van der Waals surface area contributed by atoms with Gasteiger partial charge < -0.3 is 30.0 Å². The van der Waals surface area contributed by atoms with Crippen molar-refractivity contribution >= 4 is 29.0 Å². The molecule has 0 spiro atoms. The molecular formula is C25H32N8O2. The lowest BCUT2D eigenvalue weighted by atomic mass is 10.0. The van der Waals surface area contributed by atoms with Crippen molar-refractivity contribution in [1.82, 2.24) is 19.8 Å². The van der Waals surface area contributed by atoms with Crippen molar-refractivity contribution in [3.8, 4) is 6.07 Å². The Hall–Kier alpha value is -3.58. The SMILES string of the molecule is CN1CCN([C@@H]2CCCN(c3cnc(C#N)c(Nc4ccc(N5CCC(O)CC5)cc4)n3)C2)C1=O. The summed E-state index contributed by atoms with van der Waals surface area (Å²) in [7, 11) is 1.84. The van der Waals surface area contributed by atoms with E-state index in [0.29, 0.717) is 18.2 Å². The quantitative estimate of drug-likeness (QED) is 0.677. The van der Waals surface area contributed by atoms with Crippen LogP contribution < -0.4 is 15.1 Å². The molecule has 2 N–H and O–H groups in total. The number of rotatable bonds is 5. The summed E-state index contributed by atoms with van der Waals surface area (Å²) in [6.07, 6.45) is 4.97. The fourth-order valence-corrected chi connectivity index (χ4v) is 5.14. The maximum atomic E-state index is 12.5. The summed E-state index contributed by atoms with van der Waals surface area (Å²) in [6, 6.07) is 10.4. The molecule has 1 aromatic carbocycles. The molecule has 35 heavy (non-hydrogen) atoms. The third-order valence-electron chi connectivity index (χ3n) is 7.24. The molecule has 0 saturated carbocycles. The number of aliphatic hydroxyl groups excluding tert-OH is 1. The molecule has 0 radical (unpaired) electrons. The van der Waals surface area contributed by atoms with Gasteiger partial charge in [-0.1, -0.05) is 0 Å². The van der Waals surface area contributed by atoms with Crippen LogP contribution in [-0.2, 0) is 0 Å². The van der Waals surface area contributed by atoms with Crippen LogP contribution in [0.5, 0.6) is 0 Å². The topological polar surface area (TPSA) is 112 Å². The molecule has 3 aliphatic rings. The summed E-state index contributed by atoms with van der Waals surface area (Å²) in [6.45, 7) is 4.76. The molecule has 4 heterocycles. The number of piperidine rings is 2. The molecule has 0 aliphatic carbocycles. The number of nitriles is 1. The molecule has 184 valence electrons. The first-order chi connectivity index (χ1) is 17.0. The standard InChI is InChI=1S/C25H32N8O2/c1-30-13-14-33(25(30)35)20-3-2-10-32(17-20)23-16-27-22(15-26)24(29-23)28-18-4-6-19(7-5-18)31-11-8-21(34)9-12-31/h4-7,16,20-21,34H,2-3,8-14,17H2,1H3,(H,28,29)/t20-/m1/s1. The fourth-order valence-electron chi connectivity index (χ4n) is 5.14. The number of nitrogens with one attached hydrogen (secondary N) is 1. The second-order valence-corrected chi connectivity index (χ2v) is 9.57. The van der Waals surface area contributed by atoms with Gasteiger partial charge in [0, 0.05) is 57.7 Å². The Morgan fingerprint density at radius 3 is 2.51 bits per heavy atom. The third kappa shape index (κ3) is 4.95. The molecule has 3 fully saturated rings. The summed E-state index contributed by atoms with van der Waals surface area (Å²) in [5, 5.41) is 22.6. The average Bonchev–Trinajstić information content (AvgIpc) is 3.23. The van der Waals surface area contributed by atoms with Gasteiger partial charge in [0.25, 0.3) is 0 Å². The highest BCUT2D eigenvalue weighted by atomic mass is 16.3. The van der Waals surface area contributed by atoms with Crippen molar-refractivity contribution < 1.29 is 9.90 Å².